The molecular weight excluding hydrogens is 370 g/mol. The van der Waals surface area contributed by atoms with E-state index in [4.69, 9.17) is 16.3 Å². The van der Waals surface area contributed by atoms with Gasteiger partial charge in [-0.1, -0.05) is 36.4 Å². The van der Waals surface area contributed by atoms with Gasteiger partial charge in [-0.05, 0) is 61.7 Å². The summed E-state index contributed by atoms with van der Waals surface area (Å²) >= 11 is 6.27. The van der Waals surface area contributed by atoms with Crippen molar-refractivity contribution in [3.05, 3.63) is 77.0 Å². The Labute approximate surface area is 171 Å². The summed E-state index contributed by atoms with van der Waals surface area (Å²) in [6, 6.07) is 14.9. The number of benzene rings is 2. The highest BCUT2D eigenvalue weighted by molar-refractivity contribution is 6.31. The second-order valence-electron chi connectivity index (χ2n) is 7.51. The summed E-state index contributed by atoms with van der Waals surface area (Å²) in [5.74, 6) is 0.853. The number of rotatable bonds is 6. The Bertz CT molecular complexity index is 977. The zero-order valence-corrected chi connectivity index (χ0v) is 17.1. The van der Waals surface area contributed by atoms with E-state index in [0.717, 1.165) is 29.3 Å². The molecular formula is C23H26ClN3O. The van der Waals surface area contributed by atoms with Crippen LogP contribution in [0.25, 0.3) is 10.9 Å². The van der Waals surface area contributed by atoms with E-state index in [0.29, 0.717) is 12.6 Å². The van der Waals surface area contributed by atoms with Crippen LogP contribution in [0.5, 0.6) is 5.75 Å². The van der Waals surface area contributed by atoms with E-state index in [1.54, 1.807) is 6.08 Å². The quantitative estimate of drug-likeness (QED) is 0.560. The van der Waals surface area contributed by atoms with Crippen LogP contribution in [-0.2, 0) is 6.42 Å². The van der Waals surface area contributed by atoms with Crippen LogP contribution in [0.2, 0.25) is 5.02 Å². The summed E-state index contributed by atoms with van der Waals surface area (Å²) in [6.07, 6.45) is 2.73. The molecule has 0 bridgehead atoms. The molecule has 1 aromatic heterocycles. The average Bonchev–Trinajstić information content (AvgIpc) is 3.04. The lowest BCUT2D eigenvalue weighted by molar-refractivity contribution is 0.117. The number of nitrogens with zero attached hydrogens (tertiary/aromatic N) is 1. The van der Waals surface area contributed by atoms with Crippen LogP contribution in [0.3, 0.4) is 0 Å². The number of ether oxygens (including phenoxy) is 1. The van der Waals surface area contributed by atoms with Gasteiger partial charge in [-0.15, -0.1) is 0 Å². The number of nitrogens with one attached hydrogen (secondary N) is 2. The molecule has 4 nitrogen and oxygen atoms in total. The molecule has 0 saturated carbocycles. The van der Waals surface area contributed by atoms with E-state index in [1.807, 2.05) is 18.2 Å². The van der Waals surface area contributed by atoms with Gasteiger partial charge >= 0.3 is 0 Å². The Hall–Kier alpha value is -2.27. The molecule has 2 N–H and O–H groups in total. The zero-order valence-electron chi connectivity index (χ0n) is 16.3. The highest BCUT2D eigenvalue weighted by atomic mass is 35.5. The largest absolute Gasteiger partial charge is 0.490 e. The summed E-state index contributed by atoms with van der Waals surface area (Å²) in [7, 11) is 0. The van der Waals surface area contributed by atoms with E-state index >= 15 is 0 Å². The normalized spacial score (nSPS) is 17.1. The van der Waals surface area contributed by atoms with Crippen molar-refractivity contribution < 1.29 is 4.74 Å². The third-order valence-corrected chi connectivity index (χ3v) is 5.31. The third kappa shape index (κ3) is 3.68. The number of aromatic amines is 1. The van der Waals surface area contributed by atoms with Crippen molar-refractivity contribution in [2.75, 3.05) is 13.2 Å². The predicted molar refractivity (Wildman–Crippen MR) is 116 cm³/mol. The molecule has 0 amide bonds. The Balaban J connectivity index is 1.77. The zero-order chi connectivity index (χ0) is 19.7. The second-order valence-corrected chi connectivity index (χ2v) is 7.94. The summed E-state index contributed by atoms with van der Waals surface area (Å²) in [6.45, 7) is 9.49. The van der Waals surface area contributed by atoms with Crippen molar-refractivity contribution >= 4 is 22.5 Å². The number of hydrogen-bond donors (Lipinski definition) is 2. The van der Waals surface area contributed by atoms with E-state index < -0.39 is 0 Å². The Morgan fingerprint density at radius 1 is 1.29 bits per heavy atom. The Kier molecular flexibility index (Phi) is 5.44. The van der Waals surface area contributed by atoms with Crippen LogP contribution in [0.4, 0.5) is 0 Å². The van der Waals surface area contributed by atoms with Gasteiger partial charge in [0.2, 0.25) is 0 Å². The minimum absolute atomic E-state index is 0.103. The molecule has 0 spiro atoms. The van der Waals surface area contributed by atoms with Crippen LogP contribution in [0, 0.1) is 0 Å². The Morgan fingerprint density at radius 2 is 2.07 bits per heavy atom. The van der Waals surface area contributed by atoms with Gasteiger partial charge in [0, 0.05) is 34.2 Å². The van der Waals surface area contributed by atoms with Gasteiger partial charge in [0.1, 0.15) is 12.4 Å². The van der Waals surface area contributed by atoms with Gasteiger partial charge in [0.05, 0.1) is 6.04 Å². The number of hydrazine groups is 1. The maximum absolute atomic E-state index is 6.27. The molecule has 2 aromatic carbocycles. The highest BCUT2D eigenvalue weighted by Crippen LogP contribution is 2.38. The minimum Gasteiger partial charge on any atom is -0.490 e. The molecule has 1 aliphatic rings. The molecule has 1 unspecified atom stereocenters. The maximum atomic E-state index is 6.27. The Morgan fingerprint density at radius 3 is 2.79 bits per heavy atom. The lowest BCUT2D eigenvalue weighted by atomic mass is 9.93. The van der Waals surface area contributed by atoms with E-state index in [2.05, 4.69) is 60.1 Å². The van der Waals surface area contributed by atoms with E-state index in [-0.39, 0.29) is 6.04 Å². The highest BCUT2D eigenvalue weighted by Gasteiger charge is 2.32. The number of hydrogen-bond acceptors (Lipinski definition) is 3. The van der Waals surface area contributed by atoms with Crippen LogP contribution < -0.4 is 10.2 Å². The monoisotopic (exact) mass is 395 g/mol. The fourth-order valence-corrected chi connectivity index (χ4v) is 4.15. The number of halogens is 1. The van der Waals surface area contributed by atoms with Crippen molar-refractivity contribution in [1.29, 1.82) is 0 Å². The van der Waals surface area contributed by atoms with Crippen molar-refractivity contribution in [2.24, 2.45) is 0 Å². The molecule has 1 aliphatic heterocycles. The first-order chi connectivity index (χ1) is 13.6. The molecule has 1 atom stereocenters. The first-order valence-electron chi connectivity index (χ1n) is 9.73. The van der Waals surface area contributed by atoms with Gasteiger partial charge in [-0.25, -0.2) is 5.01 Å². The van der Waals surface area contributed by atoms with Gasteiger partial charge in [0.15, 0.2) is 0 Å². The lowest BCUT2D eigenvalue weighted by Crippen LogP contribution is -2.48. The molecule has 146 valence electrons. The fraction of sp³-hybridized carbons (Fsp3) is 0.304. The summed E-state index contributed by atoms with van der Waals surface area (Å²) < 4.78 is 5.65. The van der Waals surface area contributed by atoms with E-state index in [9.17, 15) is 0 Å². The smallest absolute Gasteiger partial charge is 0.119 e. The first-order valence-corrected chi connectivity index (χ1v) is 10.1. The van der Waals surface area contributed by atoms with Gasteiger partial charge in [-0.2, -0.15) is 0 Å². The van der Waals surface area contributed by atoms with Crippen LogP contribution >= 0.6 is 11.6 Å². The first kappa shape index (κ1) is 19.1. The number of fused-ring (bicyclic) bond motifs is 3. The number of aromatic nitrogens is 1. The van der Waals surface area contributed by atoms with Crippen molar-refractivity contribution in [3.8, 4) is 5.75 Å². The van der Waals surface area contributed by atoms with Gasteiger partial charge < -0.3 is 9.72 Å². The van der Waals surface area contributed by atoms with Crippen LogP contribution in [-0.4, -0.2) is 29.2 Å². The molecule has 0 aliphatic carbocycles. The van der Waals surface area contributed by atoms with Crippen molar-refractivity contribution in [1.82, 2.24) is 15.4 Å². The van der Waals surface area contributed by atoms with Crippen LogP contribution in [0.15, 0.2) is 55.1 Å². The number of H-pyrrole nitrogens is 1. The molecule has 28 heavy (non-hydrogen) atoms. The average molecular weight is 396 g/mol. The predicted octanol–water partition coefficient (Wildman–Crippen LogP) is 5.25. The molecule has 5 heteroatoms. The van der Waals surface area contributed by atoms with Crippen molar-refractivity contribution in [2.45, 2.75) is 32.4 Å². The molecule has 0 saturated heterocycles. The third-order valence-electron chi connectivity index (χ3n) is 5.08. The topological polar surface area (TPSA) is 40.3 Å². The molecule has 0 fully saturated rings. The van der Waals surface area contributed by atoms with Gasteiger partial charge in [0.25, 0.3) is 0 Å². The molecule has 2 heterocycles. The minimum atomic E-state index is 0.103. The lowest BCUT2D eigenvalue weighted by Gasteiger charge is -2.37. The summed E-state index contributed by atoms with van der Waals surface area (Å²) in [5.41, 5.74) is 8.56. The standard InChI is InChI=1S/C23H26ClN3O/c1-4-13-28-18-8-5-16(6-9-18)23-22-19(11-12-27(23)26-15(2)3)20-14-17(24)7-10-21(20)25-22/h4-10,14-15,23,25-26H,1,11-13H2,2-3H3. The molecule has 0 radical (unpaired) electrons. The fourth-order valence-electron chi connectivity index (χ4n) is 3.98. The van der Waals surface area contributed by atoms with Crippen LogP contribution in [0.1, 0.15) is 36.7 Å². The van der Waals surface area contributed by atoms with Crippen molar-refractivity contribution in [3.63, 3.8) is 0 Å². The SMILES string of the molecule is C=CCOc1ccc(C2c3[nH]c4ccc(Cl)cc4c3CCN2NC(C)C)cc1. The summed E-state index contributed by atoms with van der Waals surface area (Å²) in [4.78, 5) is 3.66. The van der Waals surface area contributed by atoms with E-state index in [1.165, 1.54) is 22.2 Å². The van der Waals surface area contributed by atoms with Gasteiger partial charge in [-0.3, -0.25) is 5.43 Å². The maximum Gasteiger partial charge on any atom is 0.119 e. The summed E-state index contributed by atoms with van der Waals surface area (Å²) in [5, 5.41) is 4.34. The molecule has 4 rings (SSSR count). The molecule has 3 aromatic rings. The second kappa shape index (κ2) is 8.00.